The van der Waals surface area contributed by atoms with Crippen molar-refractivity contribution >= 4 is 23.1 Å². The van der Waals surface area contributed by atoms with Gasteiger partial charge in [0.25, 0.3) is 5.91 Å². The Hall–Kier alpha value is -3.67. The number of piperazine rings is 1. The van der Waals surface area contributed by atoms with E-state index in [1.807, 2.05) is 23.9 Å². The van der Waals surface area contributed by atoms with E-state index in [0.29, 0.717) is 42.7 Å². The SMILES string of the molecule is CN(C)CCO/N=C/N1CCN2C(=O)c3cc(C(F)(F)F)cc(c3)C(F)(F)c3[nH]c4ccccc4c3C[C@@H]2C1. The van der Waals surface area contributed by atoms with Crippen molar-refractivity contribution in [2.45, 2.75) is 24.6 Å². The van der Waals surface area contributed by atoms with Crippen LogP contribution < -0.4 is 0 Å². The molecular weight excluding hydrogens is 521 g/mol. The van der Waals surface area contributed by atoms with Gasteiger partial charge in [-0.25, -0.2) is 0 Å². The highest BCUT2D eigenvalue weighted by atomic mass is 19.4. The van der Waals surface area contributed by atoms with Crippen LogP contribution in [-0.4, -0.2) is 84.9 Å². The summed E-state index contributed by atoms with van der Waals surface area (Å²) in [5, 5.41) is 4.52. The van der Waals surface area contributed by atoms with Crippen LogP contribution in [0.2, 0.25) is 0 Å². The lowest BCUT2D eigenvalue weighted by Crippen LogP contribution is -2.56. The number of likely N-dealkylation sites (N-methyl/N-ethyl adjacent to an activating group) is 1. The Morgan fingerprint density at radius 1 is 1.18 bits per heavy atom. The number of hydrogen-bond donors (Lipinski definition) is 1. The zero-order valence-electron chi connectivity index (χ0n) is 21.4. The van der Waals surface area contributed by atoms with Gasteiger partial charge in [0.05, 0.1) is 17.3 Å². The van der Waals surface area contributed by atoms with Gasteiger partial charge in [-0.1, -0.05) is 23.4 Å². The topological polar surface area (TPSA) is 64.2 Å². The van der Waals surface area contributed by atoms with E-state index in [0.717, 1.165) is 6.07 Å². The lowest BCUT2D eigenvalue weighted by molar-refractivity contribution is -0.137. The average molecular weight is 550 g/mol. The third kappa shape index (κ3) is 5.29. The lowest BCUT2D eigenvalue weighted by atomic mass is 9.91. The van der Waals surface area contributed by atoms with E-state index < -0.39 is 46.4 Å². The molecule has 0 aliphatic carbocycles. The maximum Gasteiger partial charge on any atom is 0.416 e. The van der Waals surface area contributed by atoms with Gasteiger partial charge in [0.2, 0.25) is 0 Å². The molecule has 1 aromatic heterocycles. The van der Waals surface area contributed by atoms with Crippen molar-refractivity contribution in [2.24, 2.45) is 5.16 Å². The first-order valence-electron chi connectivity index (χ1n) is 12.5. The molecule has 7 nitrogen and oxygen atoms in total. The van der Waals surface area contributed by atoms with Crippen LogP contribution in [0.1, 0.15) is 32.7 Å². The number of aromatic nitrogens is 1. The highest BCUT2D eigenvalue weighted by Gasteiger charge is 2.44. The maximum absolute atomic E-state index is 16.0. The van der Waals surface area contributed by atoms with E-state index in [-0.39, 0.29) is 25.1 Å². The summed E-state index contributed by atoms with van der Waals surface area (Å²) in [7, 11) is 3.80. The summed E-state index contributed by atoms with van der Waals surface area (Å²) in [5.41, 5.74) is -2.36. The first kappa shape index (κ1) is 26.9. The predicted molar refractivity (Wildman–Crippen MR) is 136 cm³/mol. The Morgan fingerprint density at radius 3 is 2.69 bits per heavy atom. The van der Waals surface area contributed by atoms with Crippen LogP contribution in [0.25, 0.3) is 10.9 Å². The second-order valence-electron chi connectivity index (χ2n) is 10.1. The van der Waals surface area contributed by atoms with E-state index in [1.165, 1.54) is 11.2 Å². The first-order valence-corrected chi connectivity index (χ1v) is 12.5. The Kier molecular flexibility index (Phi) is 7.00. The number of benzene rings is 2. The van der Waals surface area contributed by atoms with Gasteiger partial charge in [0.15, 0.2) is 0 Å². The molecule has 1 fully saturated rings. The Labute approximate surface area is 221 Å². The first-order chi connectivity index (χ1) is 18.4. The second-order valence-corrected chi connectivity index (χ2v) is 10.1. The van der Waals surface area contributed by atoms with Crippen molar-refractivity contribution in [3.8, 4) is 0 Å². The molecule has 1 amide bonds. The number of aromatic amines is 1. The summed E-state index contributed by atoms with van der Waals surface area (Å²) in [5.74, 6) is -4.52. The van der Waals surface area contributed by atoms with Crippen LogP contribution in [0.5, 0.6) is 0 Å². The molecule has 0 spiro atoms. The molecule has 1 N–H and O–H groups in total. The second kappa shape index (κ2) is 10.1. The summed E-state index contributed by atoms with van der Waals surface area (Å²) >= 11 is 0. The summed E-state index contributed by atoms with van der Waals surface area (Å²) in [6.45, 7) is 1.80. The van der Waals surface area contributed by atoms with E-state index >= 15 is 8.78 Å². The normalized spacial score (nSPS) is 19.5. The zero-order chi connectivity index (χ0) is 27.9. The number of carbonyl (C=O) groups excluding carboxylic acids is 1. The van der Waals surface area contributed by atoms with Crippen molar-refractivity contribution in [2.75, 3.05) is 46.9 Å². The van der Waals surface area contributed by atoms with Crippen LogP contribution in [0, 0.1) is 0 Å². The minimum atomic E-state index is -4.91. The molecule has 3 aromatic rings. The van der Waals surface area contributed by atoms with Crippen LogP contribution >= 0.6 is 0 Å². The number of H-pyrrole nitrogens is 1. The summed E-state index contributed by atoms with van der Waals surface area (Å²) < 4.78 is 73.3. The lowest BCUT2D eigenvalue weighted by Gasteiger charge is -2.41. The van der Waals surface area contributed by atoms with Gasteiger partial charge in [-0.15, -0.1) is 0 Å². The van der Waals surface area contributed by atoms with E-state index in [2.05, 4.69) is 10.1 Å². The third-order valence-electron chi connectivity index (χ3n) is 7.13. The van der Waals surface area contributed by atoms with E-state index in [1.54, 1.807) is 24.3 Å². The molecule has 12 heteroatoms. The van der Waals surface area contributed by atoms with Crippen molar-refractivity contribution in [1.29, 1.82) is 0 Å². The quantitative estimate of drug-likeness (QED) is 0.167. The molecule has 3 heterocycles. The Bertz CT molecular complexity index is 1400. The molecule has 208 valence electrons. The van der Waals surface area contributed by atoms with Gasteiger partial charge in [-0.3, -0.25) is 4.79 Å². The number of amides is 1. The molecule has 2 aliphatic heterocycles. The van der Waals surface area contributed by atoms with E-state index in [4.69, 9.17) is 4.84 Å². The maximum atomic E-state index is 16.0. The van der Waals surface area contributed by atoms with Crippen molar-refractivity contribution in [3.63, 3.8) is 0 Å². The molecular formula is C27H28F5N5O2. The summed E-state index contributed by atoms with van der Waals surface area (Å²) in [4.78, 5) is 26.8. The monoisotopic (exact) mass is 549 g/mol. The standard InChI is InChI=1S/C27H28F5N5O2/c1-35(2)9-10-39-33-16-36-7-8-37-20(15-36)14-22-21-5-3-4-6-23(21)34-24(22)26(28,29)18-11-17(25(37)38)12-19(13-18)27(30,31)32/h3-6,11-13,16,20,34H,7-10,14-15H2,1-2H3/b33-16+/t20-/m1/s1. The molecule has 0 unspecified atom stereocenters. The number of carbonyl (C=O) groups is 1. The highest BCUT2D eigenvalue weighted by molar-refractivity contribution is 5.95. The zero-order valence-corrected chi connectivity index (χ0v) is 21.4. The molecule has 2 aliphatic rings. The van der Waals surface area contributed by atoms with Crippen molar-refractivity contribution < 1.29 is 31.6 Å². The van der Waals surface area contributed by atoms with Crippen LogP contribution in [0.3, 0.4) is 0 Å². The summed E-state index contributed by atoms with van der Waals surface area (Å²) in [6.07, 6.45) is -3.33. The number of fused-ring (bicyclic) bond motifs is 6. The summed E-state index contributed by atoms with van der Waals surface area (Å²) in [6, 6.07) is 8.08. The van der Waals surface area contributed by atoms with Gasteiger partial charge >= 0.3 is 12.1 Å². The molecule has 0 saturated carbocycles. The number of alkyl halides is 5. The molecule has 1 saturated heterocycles. The van der Waals surface area contributed by atoms with Crippen LogP contribution in [-0.2, 0) is 23.4 Å². The fourth-order valence-corrected chi connectivity index (χ4v) is 5.12. The van der Waals surface area contributed by atoms with Gasteiger partial charge in [-0.05, 0) is 50.3 Å². The number of rotatable bonds is 5. The minimum Gasteiger partial charge on any atom is -0.393 e. The van der Waals surface area contributed by atoms with Crippen LogP contribution in [0.4, 0.5) is 22.0 Å². The fourth-order valence-electron chi connectivity index (χ4n) is 5.12. The predicted octanol–water partition coefficient (Wildman–Crippen LogP) is 4.53. The molecule has 39 heavy (non-hydrogen) atoms. The molecule has 0 radical (unpaired) electrons. The van der Waals surface area contributed by atoms with E-state index in [9.17, 15) is 18.0 Å². The Balaban J connectivity index is 1.59. The highest BCUT2D eigenvalue weighted by Crippen LogP contribution is 2.43. The number of hydrogen-bond acceptors (Lipinski definition) is 4. The molecule has 2 aromatic carbocycles. The number of oxime groups is 1. The van der Waals surface area contributed by atoms with Crippen molar-refractivity contribution in [3.05, 3.63) is 70.4 Å². The van der Waals surface area contributed by atoms with Crippen molar-refractivity contribution in [1.82, 2.24) is 19.7 Å². The van der Waals surface area contributed by atoms with Gasteiger partial charge in [0, 0.05) is 48.2 Å². The molecule has 2 bridgehead atoms. The number of nitrogens with one attached hydrogen (secondary N) is 1. The van der Waals surface area contributed by atoms with Gasteiger partial charge in [-0.2, -0.15) is 22.0 Å². The molecule has 5 rings (SSSR count). The number of para-hydroxylation sites is 1. The van der Waals surface area contributed by atoms with Crippen LogP contribution in [0.15, 0.2) is 47.6 Å². The number of halogens is 5. The minimum absolute atomic E-state index is 0.0723. The number of nitrogens with zero attached hydrogens (tertiary/aromatic N) is 4. The fraction of sp³-hybridized carbons (Fsp3) is 0.407. The third-order valence-corrected chi connectivity index (χ3v) is 7.13. The molecule has 1 atom stereocenters. The smallest absolute Gasteiger partial charge is 0.393 e. The Morgan fingerprint density at radius 2 is 1.95 bits per heavy atom. The largest absolute Gasteiger partial charge is 0.416 e. The van der Waals surface area contributed by atoms with Gasteiger partial charge in [0.1, 0.15) is 12.9 Å². The average Bonchev–Trinajstić information content (AvgIpc) is 3.26. The van der Waals surface area contributed by atoms with Gasteiger partial charge < -0.3 is 24.5 Å².